The van der Waals surface area contributed by atoms with Crippen LogP contribution in [0.4, 0.5) is 0 Å². The Labute approximate surface area is 94.2 Å². The zero-order valence-corrected chi connectivity index (χ0v) is 10.7. The first-order chi connectivity index (χ1) is 7.19. The van der Waals surface area contributed by atoms with Crippen LogP contribution in [0.1, 0.15) is 57.2 Å². The van der Waals surface area contributed by atoms with Gasteiger partial charge in [0.1, 0.15) is 0 Å². The molecule has 0 radical (unpaired) electrons. The molecule has 86 valence electrons. The standard InChI is InChI=1S/C12H18O.C2H6/c1-4-11-7-10(8-13)5-6-12(11)9(2)3;1-2/h5-7,9,13H,4,8H2,1-3H3;1-2H3. The SMILES string of the molecule is CC.CCc1cc(CO)ccc1C(C)C. The Morgan fingerprint density at radius 2 is 1.80 bits per heavy atom. The molecule has 0 unspecified atom stereocenters. The molecule has 0 aliphatic carbocycles. The molecule has 1 heteroatoms. The Kier molecular flexibility index (Phi) is 7.06. The Morgan fingerprint density at radius 1 is 1.20 bits per heavy atom. The van der Waals surface area contributed by atoms with Gasteiger partial charge < -0.3 is 5.11 Å². The van der Waals surface area contributed by atoms with E-state index in [1.54, 1.807) is 0 Å². The highest BCUT2D eigenvalue weighted by atomic mass is 16.3. The van der Waals surface area contributed by atoms with Crippen molar-refractivity contribution in [1.29, 1.82) is 0 Å². The maximum Gasteiger partial charge on any atom is 0.0681 e. The molecule has 1 aromatic rings. The topological polar surface area (TPSA) is 20.2 Å². The molecule has 0 saturated heterocycles. The molecule has 1 N–H and O–H groups in total. The fourth-order valence-corrected chi connectivity index (χ4v) is 1.63. The van der Waals surface area contributed by atoms with E-state index in [9.17, 15) is 0 Å². The van der Waals surface area contributed by atoms with Crippen LogP contribution >= 0.6 is 0 Å². The molecule has 0 saturated carbocycles. The Balaban J connectivity index is 0.000000921. The second kappa shape index (κ2) is 7.47. The smallest absolute Gasteiger partial charge is 0.0681 e. The highest BCUT2D eigenvalue weighted by Gasteiger charge is 2.05. The van der Waals surface area contributed by atoms with E-state index in [4.69, 9.17) is 5.11 Å². The molecule has 1 rings (SSSR count). The predicted molar refractivity (Wildman–Crippen MR) is 67.2 cm³/mol. The molecule has 0 atom stereocenters. The summed E-state index contributed by atoms with van der Waals surface area (Å²) in [5.74, 6) is 0.572. The molecule has 0 amide bonds. The van der Waals surface area contributed by atoms with Crippen LogP contribution in [0.3, 0.4) is 0 Å². The zero-order chi connectivity index (χ0) is 11.8. The maximum atomic E-state index is 8.99. The van der Waals surface area contributed by atoms with E-state index < -0.39 is 0 Å². The highest BCUT2D eigenvalue weighted by Crippen LogP contribution is 2.21. The third-order valence-electron chi connectivity index (χ3n) is 2.39. The summed E-state index contributed by atoms with van der Waals surface area (Å²) in [6.07, 6.45) is 1.04. The van der Waals surface area contributed by atoms with Crippen molar-refractivity contribution >= 4 is 0 Å². The van der Waals surface area contributed by atoms with E-state index in [-0.39, 0.29) is 6.61 Å². The molecule has 0 aromatic heterocycles. The van der Waals surface area contributed by atoms with Gasteiger partial charge in [0, 0.05) is 0 Å². The Hall–Kier alpha value is -0.820. The van der Waals surface area contributed by atoms with E-state index in [1.807, 2.05) is 19.9 Å². The van der Waals surface area contributed by atoms with Crippen molar-refractivity contribution in [3.05, 3.63) is 34.9 Å². The summed E-state index contributed by atoms with van der Waals surface area (Å²) in [5.41, 5.74) is 3.78. The van der Waals surface area contributed by atoms with Gasteiger partial charge in [0.15, 0.2) is 0 Å². The summed E-state index contributed by atoms with van der Waals surface area (Å²) in [6.45, 7) is 10.7. The van der Waals surface area contributed by atoms with Gasteiger partial charge in [-0.1, -0.05) is 52.8 Å². The molecule has 0 heterocycles. The summed E-state index contributed by atoms with van der Waals surface area (Å²) in [5, 5.41) is 8.99. The van der Waals surface area contributed by atoms with Gasteiger partial charge in [-0.05, 0) is 29.0 Å². The van der Waals surface area contributed by atoms with Crippen molar-refractivity contribution in [2.45, 2.75) is 53.6 Å². The molecule has 0 aliphatic heterocycles. The number of aliphatic hydroxyl groups is 1. The molecule has 15 heavy (non-hydrogen) atoms. The van der Waals surface area contributed by atoms with E-state index in [1.165, 1.54) is 11.1 Å². The van der Waals surface area contributed by atoms with Gasteiger partial charge in [0.05, 0.1) is 6.61 Å². The quantitative estimate of drug-likeness (QED) is 0.799. The van der Waals surface area contributed by atoms with Crippen molar-refractivity contribution < 1.29 is 5.11 Å². The van der Waals surface area contributed by atoms with Gasteiger partial charge in [-0.3, -0.25) is 0 Å². The minimum atomic E-state index is 0.144. The van der Waals surface area contributed by atoms with Crippen LogP contribution in [0, 0.1) is 0 Å². The molecule has 0 aliphatic rings. The largest absolute Gasteiger partial charge is 0.392 e. The van der Waals surface area contributed by atoms with Crippen molar-refractivity contribution in [1.82, 2.24) is 0 Å². The van der Waals surface area contributed by atoms with E-state index in [0.717, 1.165) is 12.0 Å². The third-order valence-corrected chi connectivity index (χ3v) is 2.39. The summed E-state index contributed by atoms with van der Waals surface area (Å²) in [6, 6.07) is 6.25. The maximum absolute atomic E-state index is 8.99. The molecular formula is C14H24O. The van der Waals surface area contributed by atoms with Crippen LogP contribution in [0.2, 0.25) is 0 Å². The highest BCUT2D eigenvalue weighted by molar-refractivity contribution is 5.33. The first-order valence-electron chi connectivity index (χ1n) is 5.91. The minimum Gasteiger partial charge on any atom is -0.392 e. The zero-order valence-electron chi connectivity index (χ0n) is 10.7. The fraction of sp³-hybridized carbons (Fsp3) is 0.571. The minimum absolute atomic E-state index is 0.144. The van der Waals surface area contributed by atoms with Gasteiger partial charge in [-0.15, -0.1) is 0 Å². The third kappa shape index (κ3) is 4.05. The van der Waals surface area contributed by atoms with E-state index in [0.29, 0.717) is 5.92 Å². The monoisotopic (exact) mass is 208 g/mol. The summed E-state index contributed by atoms with van der Waals surface area (Å²) in [4.78, 5) is 0. The molecule has 0 spiro atoms. The number of aryl methyl sites for hydroxylation is 1. The summed E-state index contributed by atoms with van der Waals surface area (Å²) < 4.78 is 0. The van der Waals surface area contributed by atoms with E-state index in [2.05, 4.69) is 32.9 Å². The van der Waals surface area contributed by atoms with Crippen LogP contribution < -0.4 is 0 Å². The number of aliphatic hydroxyl groups excluding tert-OH is 1. The lowest BCUT2D eigenvalue weighted by molar-refractivity contribution is 0.281. The lowest BCUT2D eigenvalue weighted by Gasteiger charge is -2.12. The molecule has 0 bridgehead atoms. The van der Waals surface area contributed by atoms with Crippen molar-refractivity contribution in [2.24, 2.45) is 0 Å². The average Bonchev–Trinajstić information content (AvgIpc) is 2.30. The number of benzene rings is 1. The first-order valence-corrected chi connectivity index (χ1v) is 5.91. The van der Waals surface area contributed by atoms with Gasteiger partial charge in [0.2, 0.25) is 0 Å². The van der Waals surface area contributed by atoms with Crippen LogP contribution in [-0.2, 0) is 13.0 Å². The van der Waals surface area contributed by atoms with Crippen LogP contribution in [0.5, 0.6) is 0 Å². The van der Waals surface area contributed by atoms with Gasteiger partial charge in [0.25, 0.3) is 0 Å². The second-order valence-corrected chi connectivity index (χ2v) is 3.70. The number of hydrogen-bond acceptors (Lipinski definition) is 1. The number of rotatable bonds is 3. The Bertz CT molecular complexity index is 277. The number of hydrogen-bond donors (Lipinski definition) is 1. The molecule has 1 aromatic carbocycles. The normalized spacial score (nSPS) is 9.80. The fourth-order valence-electron chi connectivity index (χ4n) is 1.63. The van der Waals surface area contributed by atoms with Crippen molar-refractivity contribution in [2.75, 3.05) is 0 Å². The van der Waals surface area contributed by atoms with Crippen molar-refractivity contribution in [3.8, 4) is 0 Å². The van der Waals surface area contributed by atoms with E-state index >= 15 is 0 Å². The first kappa shape index (κ1) is 14.2. The van der Waals surface area contributed by atoms with Crippen molar-refractivity contribution in [3.63, 3.8) is 0 Å². The lowest BCUT2D eigenvalue weighted by Crippen LogP contribution is -1.97. The molecule has 0 fully saturated rings. The van der Waals surface area contributed by atoms with Gasteiger partial charge in [-0.25, -0.2) is 0 Å². The predicted octanol–water partition coefficient (Wildman–Crippen LogP) is 3.89. The average molecular weight is 208 g/mol. The summed E-state index contributed by atoms with van der Waals surface area (Å²) in [7, 11) is 0. The molecular weight excluding hydrogens is 184 g/mol. The molecule has 1 nitrogen and oxygen atoms in total. The second-order valence-electron chi connectivity index (χ2n) is 3.70. The van der Waals surface area contributed by atoms with Crippen LogP contribution in [0.15, 0.2) is 18.2 Å². The van der Waals surface area contributed by atoms with Crippen LogP contribution in [0.25, 0.3) is 0 Å². The Morgan fingerprint density at radius 3 is 2.20 bits per heavy atom. The van der Waals surface area contributed by atoms with Gasteiger partial charge in [-0.2, -0.15) is 0 Å². The summed E-state index contributed by atoms with van der Waals surface area (Å²) >= 11 is 0. The van der Waals surface area contributed by atoms with Crippen LogP contribution in [-0.4, -0.2) is 5.11 Å². The van der Waals surface area contributed by atoms with Gasteiger partial charge >= 0.3 is 0 Å². The lowest BCUT2D eigenvalue weighted by atomic mass is 9.94.